The summed E-state index contributed by atoms with van der Waals surface area (Å²) in [6, 6.07) is 2.67. The van der Waals surface area contributed by atoms with Crippen molar-refractivity contribution >= 4 is 29.2 Å². The van der Waals surface area contributed by atoms with Crippen LogP contribution in [0.5, 0.6) is 0 Å². The second-order valence-electron chi connectivity index (χ2n) is 5.68. The second kappa shape index (κ2) is 6.84. The highest BCUT2D eigenvalue weighted by Crippen LogP contribution is 2.42. The Bertz CT molecular complexity index is 832. The van der Waals surface area contributed by atoms with Gasteiger partial charge in [-0.05, 0) is 31.9 Å². The number of carbonyl (C=O) groups is 2. The number of amides is 1. The first-order valence-corrected chi connectivity index (χ1v) is 8.20. The summed E-state index contributed by atoms with van der Waals surface area (Å²) in [6.07, 6.45) is 2.37. The highest BCUT2D eigenvalue weighted by Gasteiger charge is 2.34. The predicted molar refractivity (Wildman–Crippen MR) is 88.7 cm³/mol. The van der Waals surface area contributed by atoms with Crippen LogP contribution in [0.3, 0.4) is 0 Å². The average Bonchev–Trinajstić information content (AvgIpc) is 3.35. The van der Waals surface area contributed by atoms with E-state index >= 15 is 0 Å². The van der Waals surface area contributed by atoms with Crippen molar-refractivity contribution in [3.05, 3.63) is 46.1 Å². The Morgan fingerprint density at radius 1 is 1.40 bits per heavy atom. The van der Waals surface area contributed by atoms with Crippen molar-refractivity contribution in [3.63, 3.8) is 0 Å². The van der Waals surface area contributed by atoms with Gasteiger partial charge in [-0.3, -0.25) is 9.69 Å². The molecule has 25 heavy (non-hydrogen) atoms. The minimum absolute atomic E-state index is 0.000694. The van der Waals surface area contributed by atoms with Crippen LogP contribution >= 0.6 is 11.6 Å². The number of benzene rings is 1. The first-order valence-electron chi connectivity index (χ1n) is 7.82. The fourth-order valence-corrected chi connectivity index (χ4v) is 2.83. The van der Waals surface area contributed by atoms with Crippen LogP contribution in [0, 0.1) is 5.82 Å². The molecule has 6 nitrogen and oxygen atoms in total. The van der Waals surface area contributed by atoms with E-state index in [1.54, 1.807) is 6.92 Å². The Balaban J connectivity index is 2.12. The van der Waals surface area contributed by atoms with E-state index in [2.05, 4.69) is 9.89 Å². The topological polar surface area (TPSA) is 72.6 Å². The van der Waals surface area contributed by atoms with Crippen LogP contribution < -0.4 is 4.90 Å². The number of ether oxygens (including phenoxy) is 1. The van der Waals surface area contributed by atoms with Crippen LogP contribution in [-0.2, 0) is 4.74 Å². The van der Waals surface area contributed by atoms with Crippen LogP contribution in [0.15, 0.2) is 22.9 Å². The smallest absolute Gasteiger partial charge is 0.414 e. The number of rotatable bonds is 5. The van der Waals surface area contributed by atoms with Crippen molar-refractivity contribution in [2.24, 2.45) is 0 Å². The largest absolute Gasteiger partial charge is 0.452 e. The minimum Gasteiger partial charge on any atom is -0.452 e. The number of ketones is 1. The summed E-state index contributed by atoms with van der Waals surface area (Å²) < 4.78 is 24.6. The van der Waals surface area contributed by atoms with Crippen molar-refractivity contribution < 1.29 is 23.2 Å². The van der Waals surface area contributed by atoms with Gasteiger partial charge in [0.05, 0.1) is 29.6 Å². The monoisotopic (exact) mass is 366 g/mol. The first kappa shape index (κ1) is 17.4. The molecule has 0 bridgehead atoms. The summed E-state index contributed by atoms with van der Waals surface area (Å²) in [5, 5.41) is 3.50. The lowest BCUT2D eigenvalue weighted by molar-refractivity contribution is 0.103. The van der Waals surface area contributed by atoms with E-state index in [4.69, 9.17) is 16.1 Å². The fraction of sp³-hybridized carbons (Fsp3) is 0.353. The van der Waals surface area contributed by atoms with Crippen molar-refractivity contribution in [3.8, 4) is 0 Å². The lowest BCUT2D eigenvalue weighted by atomic mass is 10.00. The average molecular weight is 367 g/mol. The highest BCUT2D eigenvalue weighted by atomic mass is 35.5. The molecule has 132 valence electrons. The molecule has 1 heterocycles. The Hall–Kier alpha value is -2.41. The van der Waals surface area contributed by atoms with Crippen molar-refractivity contribution in [2.75, 3.05) is 18.6 Å². The summed E-state index contributed by atoms with van der Waals surface area (Å²) in [6.45, 7) is 1.74. The molecule has 0 atom stereocenters. The van der Waals surface area contributed by atoms with Crippen LogP contribution in [-0.4, -0.2) is 30.7 Å². The molecule has 0 saturated heterocycles. The molecular weight excluding hydrogens is 351 g/mol. The molecule has 1 aliphatic rings. The number of nitrogens with zero attached hydrogens (tertiary/aromatic N) is 2. The van der Waals surface area contributed by atoms with Gasteiger partial charge in [0.15, 0.2) is 17.4 Å². The molecule has 3 rings (SSSR count). The summed E-state index contributed by atoms with van der Waals surface area (Å²) >= 11 is 5.86. The van der Waals surface area contributed by atoms with Crippen LogP contribution in [0.4, 0.5) is 14.9 Å². The fourth-order valence-electron chi connectivity index (χ4n) is 2.68. The zero-order valence-corrected chi connectivity index (χ0v) is 14.5. The molecule has 0 unspecified atom stereocenters. The van der Waals surface area contributed by atoms with Crippen LogP contribution in [0.2, 0.25) is 5.02 Å². The lowest BCUT2D eigenvalue weighted by Gasteiger charge is -2.22. The highest BCUT2D eigenvalue weighted by molar-refractivity contribution is 6.31. The number of anilines is 1. The van der Waals surface area contributed by atoms with E-state index in [0.29, 0.717) is 5.76 Å². The molecule has 1 amide bonds. The van der Waals surface area contributed by atoms with Crippen LogP contribution in [0.1, 0.15) is 47.4 Å². The molecule has 1 aromatic carbocycles. The van der Waals surface area contributed by atoms with E-state index in [-0.39, 0.29) is 34.3 Å². The number of hydrogen-bond donors (Lipinski definition) is 0. The van der Waals surface area contributed by atoms with E-state index < -0.39 is 17.7 Å². The maximum Gasteiger partial charge on any atom is 0.414 e. The molecule has 0 aliphatic heterocycles. The number of halogens is 2. The lowest BCUT2D eigenvalue weighted by Crippen LogP contribution is -2.33. The second-order valence-corrected chi connectivity index (χ2v) is 6.09. The molecular formula is C17H16ClFN2O4. The standard InChI is InChI=1S/C17H16ClFN2O4/c1-3-21(17(23)24-2)14-10(6-7-12(18)13(14)19)15(22)11-8-20-25-16(11)9-4-5-9/h6-9H,3-5H2,1-2H3. The SMILES string of the molecule is CCN(C(=O)OC)c1c(C(=O)c2cnoc2C2CC2)ccc(Cl)c1F. The van der Waals surface area contributed by atoms with Gasteiger partial charge in [0.25, 0.3) is 0 Å². The summed E-state index contributed by atoms with van der Waals surface area (Å²) in [4.78, 5) is 26.0. The third-order valence-corrected chi connectivity index (χ3v) is 4.38. The maximum absolute atomic E-state index is 14.7. The van der Waals surface area contributed by atoms with Gasteiger partial charge in [0, 0.05) is 18.0 Å². The number of aromatic nitrogens is 1. The third-order valence-electron chi connectivity index (χ3n) is 4.09. The quantitative estimate of drug-likeness (QED) is 0.742. The zero-order valence-electron chi connectivity index (χ0n) is 13.7. The van der Waals surface area contributed by atoms with E-state index in [0.717, 1.165) is 17.7 Å². The maximum atomic E-state index is 14.7. The molecule has 8 heteroatoms. The molecule has 1 aromatic heterocycles. The van der Waals surface area contributed by atoms with Gasteiger partial charge < -0.3 is 9.26 Å². The van der Waals surface area contributed by atoms with E-state index in [1.165, 1.54) is 25.4 Å². The predicted octanol–water partition coefficient (Wildman–Crippen LogP) is 4.17. The Labute approximate surface area is 148 Å². The normalized spacial score (nSPS) is 13.6. The Kier molecular flexibility index (Phi) is 4.76. The van der Waals surface area contributed by atoms with Gasteiger partial charge in [-0.25, -0.2) is 9.18 Å². The molecule has 1 saturated carbocycles. The van der Waals surface area contributed by atoms with Crippen molar-refractivity contribution in [1.82, 2.24) is 5.16 Å². The van der Waals surface area contributed by atoms with E-state index in [1.807, 2.05) is 0 Å². The van der Waals surface area contributed by atoms with Gasteiger partial charge in [0.1, 0.15) is 0 Å². The van der Waals surface area contributed by atoms with Gasteiger partial charge in [-0.1, -0.05) is 16.8 Å². The third kappa shape index (κ3) is 3.11. The Morgan fingerprint density at radius 2 is 2.12 bits per heavy atom. The minimum atomic E-state index is -0.857. The summed E-state index contributed by atoms with van der Waals surface area (Å²) in [5.41, 5.74) is 0.0560. The summed E-state index contributed by atoms with van der Waals surface area (Å²) in [7, 11) is 1.18. The number of methoxy groups -OCH3 is 1. The molecule has 1 aliphatic carbocycles. The van der Waals surface area contributed by atoms with Gasteiger partial charge in [0.2, 0.25) is 0 Å². The van der Waals surface area contributed by atoms with Gasteiger partial charge >= 0.3 is 6.09 Å². The first-order chi connectivity index (χ1) is 12.0. The molecule has 0 spiro atoms. The number of hydrogen-bond acceptors (Lipinski definition) is 5. The van der Waals surface area contributed by atoms with Crippen LogP contribution in [0.25, 0.3) is 0 Å². The van der Waals surface area contributed by atoms with Crippen molar-refractivity contribution in [2.45, 2.75) is 25.7 Å². The zero-order chi connectivity index (χ0) is 18.1. The van der Waals surface area contributed by atoms with Gasteiger partial charge in [-0.15, -0.1) is 0 Å². The summed E-state index contributed by atoms with van der Waals surface area (Å²) in [5.74, 6) is -0.683. The molecule has 0 N–H and O–H groups in total. The van der Waals surface area contributed by atoms with Gasteiger partial charge in [-0.2, -0.15) is 0 Å². The number of carbonyl (C=O) groups excluding carboxylic acids is 2. The Morgan fingerprint density at radius 3 is 2.72 bits per heavy atom. The van der Waals surface area contributed by atoms with Crippen molar-refractivity contribution in [1.29, 1.82) is 0 Å². The molecule has 1 fully saturated rings. The van der Waals surface area contributed by atoms with E-state index in [9.17, 15) is 14.0 Å². The molecule has 0 radical (unpaired) electrons. The molecule has 2 aromatic rings.